The highest BCUT2D eigenvalue weighted by molar-refractivity contribution is 6.42. The monoisotopic (exact) mass is 342 g/mol. The van der Waals surface area contributed by atoms with Crippen molar-refractivity contribution in [3.05, 3.63) is 28.2 Å². The van der Waals surface area contributed by atoms with Crippen molar-refractivity contribution < 1.29 is 4.79 Å². The Kier molecular flexibility index (Phi) is 6.06. The van der Waals surface area contributed by atoms with Crippen LogP contribution in [-0.4, -0.2) is 31.9 Å². The molecule has 0 aromatic heterocycles. The van der Waals surface area contributed by atoms with Crippen molar-refractivity contribution >= 4 is 40.6 Å². The van der Waals surface area contributed by atoms with E-state index in [0.29, 0.717) is 28.8 Å². The van der Waals surface area contributed by atoms with Gasteiger partial charge >= 0.3 is 0 Å². The van der Waals surface area contributed by atoms with Gasteiger partial charge in [0, 0.05) is 12.3 Å². The van der Waals surface area contributed by atoms with Crippen molar-refractivity contribution in [2.45, 2.75) is 19.8 Å². The van der Waals surface area contributed by atoms with E-state index in [2.05, 4.69) is 15.7 Å². The summed E-state index contributed by atoms with van der Waals surface area (Å²) in [6.45, 7) is 3.55. The molecule has 0 saturated carbocycles. The van der Waals surface area contributed by atoms with Crippen LogP contribution in [0.15, 0.2) is 23.3 Å². The van der Waals surface area contributed by atoms with Crippen molar-refractivity contribution in [3.8, 4) is 0 Å². The first-order valence-electron chi connectivity index (χ1n) is 7.26. The number of hydrogen-bond acceptors (Lipinski definition) is 4. The zero-order valence-electron chi connectivity index (χ0n) is 12.7. The number of hydrogen-bond donors (Lipinski definition) is 2. The van der Waals surface area contributed by atoms with Crippen LogP contribution >= 0.6 is 23.2 Å². The molecule has 1 atom stereocenters. The fraction of sp³-hybridized carbons (Fsp3) is 0.467. The summed E-state index contributed by atoms with van der Waals surface area (Å²) in [6, 6.07) is 5.38. The lowest BCUT2D eigenvalue weighted by Crippen LogP contribution is -2.33. The minimum atomic E-state index is -0.00293. The van der Waals surface area contributed by atoms with Crippen LogP contribution in [0, 0.1) is 5.92 Å². The van der Waals surface area contributed by atoms with Crippen molar-refractivity contribution in [1.82, 2.24) is 10.6 Å². The quantitative estimate of drug-likeness (QED) is 0.809. The first-order chi connectivity index (χ1) is 10.5. The molecular formula is C15H20Cl2N4O. The summed E-state index contributed by atoms with van der Waals surface area (Å²) in [5.74, 6) is 0.847. The summed E-state index contributed by atoms with van der Waals surface area (Å²) < 4.78 is 0. The largest absolute Gasteiger partial charge is 0.320 e. The summed E-state index contributed by atoms with van der Waals surface area (Å²) in [5, 5.41) is 13.2. The lowest BCUT2D eigenvalue weighted by molar-refractivity contribution is -0.119. The van der Waals surface area contributed by atoms with E-state index in [1.165, 1.54) is 0 Å². The van der Waals surface area contributed by atoms with Crippen molar-refractivity contribution in [2.75, 3.05) is 25.1 Å². The third-order valence-corrected chi connectivity index (χ3v) is 4.18. The van der Waals surface area contributed by atoms with Gasteiger partial charge < -0.3 is 10.6 Å². The second-order valence-corrected chi connectivity index (χ2v) is 6.14. The van der Waals surface area contributed by atoms with Crippen LogP contribution in [-0.2, 0) is 4.79 Å². The Labute approximate surface area is 140 Å². The molecule has 0 radical (unpaired) electrons. The number of rotatable bonds is 5. The lowest BCUT2D eigenvalue weighted by Gasteiger charge is -2.14. The van der Waals surface area contributed by atoms with E-state index in [9.17, 15) is 4.79 Å². The molecule has 1 aliphatic rings. The van der Waals surface area contributed by atoms with Crippen molar-refractivity contribution in [3.63, 3.8) is 0 Å². The predicted molar refractivity (Wildman–Crippen MR) is 91.7 cm³/mol. The van der Waals surface area contributed by atoms with Gasteiger partial charge in [-0.2, -0.15) is 5.10 Å². The molecular weight excluding hydrogens is 323 g/mol. The molecule has 2 rings (SSSR count). The Bertz CT molecular complexity index is 577. The van der Waals surface area contributed by atoms with E-state index in [-0.39, 0.29) is 11.8 Å². The number of nitrogens with one attached hydrogen (secondary N) is 2. The van der Waals surface area contributed by atoms with Gasteiger partial charge in [-0.05, 0) is 38.2 Å². The number of carbonyl (C=O) groups excluding carboxylic acids is 1. The van der Waals surface area contributed by atoms with Gasteiger partial charge in [0.25, 0.3) is 0 Å². The number of amides is 1. The van der Waals surface area contributed by atoms with Crippen molar-refractivity contribution in [2.24, 2.45) is 11.0 Å². The molecule has 0 saturated heterocycles. The van der Waals surface area contributed by atoms with E-state index >= 15 is 0 Å². The minimum absolute atomic E-state index is 0.00293. The fourth-order valence-electron chi connectivity index (χ4n) is 2.20. The maximum atomic E-state index is 11.9. The van der Waals surface area contributed by atoms with Crippen LogP contribution < -0.4 is 15.6 Å². The highest BCUT2D eigenvalue weighted by Gasteiger charge is 2.25. The van der Waals surface area contributed by atoms with Gasteiger partial charge in [0.05, 0.1) is 22.3 Å². The normalized spacial score (nSPS) is 17.5. The van der Waals surface area contributed by atoms with E-state index in [4.69, 9.17) is 23.2 Å². The maximum absolute atomic E-state index is 11.9. The Morgan fingerprint density at radius 1 is 1.41 bits per heavy atom. The van der Waals surface area contributed by atoms with E-state index in [1.807, 2.05) is 25.0 Å². The Morgan fingerprint density at radius 3 is 2.86 bits per heavy atom. The summed E-state index contributed by atoms with van der Waals surface area (Å²) >= 11 is 12.0. The summed E-state index contributed by atoms with van der Waals surface area (Å²) in [7, 11) is 1.87. The molecule has 1 amide bonds. The van der Waals surface area contributed by atoms with E-state index in [1.54, 1.807) is 12.1 Å². The fourth-order valence-corrected chi connectivity index (χ4v) is 2.50. The van der Waals surface area contributed by atoms with Gasteiger partial charge in [0.1, 0.15) is 5.84 Å². The number of anilines is 1. The number of amidine groups is 1. The Balaban J connectivity index is 2.00. The molecule has 1 aromatic carbocycles. The Morgan fingerprint density at radius 2 is 2.18 bits per heavy atom. The minimum Gasteiger partial charge on any atom is -0.320 e. The zero-order chi connectivity index (χ0) is 16.1. The highest BCUT2D eigenvalue weighted by atomic mass is 35.5. The van der Waals surface area contributed by atoms with Gasteiger partial charge in [0.2, 0.25) is 5.91 Å². The molecule has 0 aliphatic carbocycles. The SMILES string of the molecule is CNCCCC(=O)NC1=NN(c2ccc(Cl)c(Cl)c2)CC1C. The maximum Gasteiger partial charge on any atom is 0.225 e. The molecule has 120 valence electrons. The first kappa shape index (κ1) is 17.1. The van der Waals surface area contributed by atoms with Gasteiger partial charge in [0.15, 0.2) is 0 Å². The number of halogens is 2. The van der Waals surface area contributed by atoms with E-state index < -0.39 is 0 Å². The van der Waals surface area contributed by atoms with Gasteiger partial charge in [-0.15, -0.1) is 0 Å². The van der Waals surface area contributed by atoms with Crippen LogP contribution in [0.4, 0.5) is 5.69 Å². The zero-order valence-corrected chi connectivity index (χ0v) is 14.2. The molecule has 1 aromatic rings. The molecule has 1 aliphatic heterocycles. The van der Waals surface area contributed by atoms with Gasteiger partial charge in [-0.1, -0.05) is 30.1 Å². The second-order valence-electron chi connectivity index (χ2n) is 5.32. The van der Waals surface area contributed by atoms with Crippen LogP contribution in [0.1, 0.15) is 19.8 Å². The summed E-state index contributed by atoms with van der Waals surface area (Å²) in [5.41, 5.74) is 0.862. The number of nitrogens with zero attached hydrogens (tertiary/aromatic N) is 2. The van der Waals surface area contributed by atoms with Crippen molar-refractivity contribution in [1.29, 1.82) is 0 Å². The number of benzene rings is 1. The number of carbonyl (C=O) groups is 1. The van der Waals surface area contributed by atoms with Crippen LogP contribution in [0.25, 0.3) is 0 Å². The Hall–Kier alpha value is -1.30. The first-order valence-corrected chi connectivity index (χ1v) is 8.02. The molecule has 5 nitrogen and oxygen atoms in total. The standard InChI is InChI=1S/C15H20Cl2N4O/c1-10-9-21(11-5-6-12(16)13(17)8-11)20-15(10)19-14(22)4-3-7-18-2/h5-6,8,10,18H,3-4,7,9H2,1-2H3,(H,19,20,22). The number of hydrazone groups is 1. The molecule has 0 fully saturated rings. The highest BCUT2D eigenvalue weighted by Crippen LogP contribution is 2.29. The molecule has 22 heavy (non-hydrogen) atoms. The topological polar surface area (TPSA) is 56.7 Å². The van der Waals surface area contributed by atoms with E-state index in [0.717, 1.165) is 18.7 Å². The smallest absolute Gasteiger partial charge is 0.225 e. The predicted octanol–water partition coefficient (Wildman–Crippen LogP) is 2.88. The third kappa shape index (κ3) is 4.35. The van der Waals surface area contributed by atoms with Crippen LogP contribution in [0.2, 0.25) is 10.0 Å². The molecule has 7 heteroatoms. The average molecular weight is 343 g/mol. The summed E-state index contributed by atoms with van der Waals surface area (Å²) in [6.07, 6.45) is 1.29. The third-order valence-electron chi connectivity index (χ3n) is 3.44. The summed E-state index contributed by atoms with van der Waals surface area (Å²) in [4.78, 5) is 11.9. The van der Waals surface area contributed by atoms with Crippen LogP contribution in [0.3, 0.4) is 0 Å². The second kappa shape index (κ2) is 7.81. The van der Waals surface area contributed by atoms with Gasteiger partial charge in [-0.25, -0.2) is 0 Å². The lowest BCUT2D eigenvalue weighted by atomic mass is 10.1. The molecule has 0 spiro atoms. The molecule has 1 heterocycles. The van der Waals surface area contributed by atoms with Gasteiger partial charge in [-0.3, -0.25) is 9.80 Å². The molecule has 0 bridgehead atoms. The molecule has 1 unspecified atom stereocenters. The van der Waals surface area contributed by atoms with Crippen LogP contribution in [0.5, 0.6) is 0 Å². The average Bonchev–Trinajstić information content (AvgIpc) is 2.83. The molecule has 2 N–H and O–H groups in total.